The Morgan fingerprint density at radius 1 is 1.24 bits per heavy atom. The van der Waals surface area contributed by atoms with E-state index >= 15 is 0 Å². The second-order valence-electron chi connectivity index (χ2n) is 6.76. The highest BCUT2D eigenvalue weighted by Gasteiger charge is 2.28. The van der Waals surface area contributed by atoms with Gasteiger partial charge in [0.05, 0.1) is 6.10 Å². The first-order chi connectivity index (χ1) is 10.2. The van der Waals surface area contributed by atoms with Crippen molar-refractivity contribution in [3.05, 3.63) is 0 Å². The van der Waals surface area contributed by atoms with E-state index in [0.717, 1.165) is 38.3 Å². The summed E-state index contributed by atoms with van der Waals surface area (Å²) in [4.78, 5) is 14.5. The van der Waals surface area contributed by atoms with Gasteiger partial charge in [-0.2, -0.15) is 0 Å². The van der Waals surface area contributed by atoms with Crippen LogP contribution in [-0.4, -0.2) is 48.3 Å². The number of nitrogens with zero attached hydrogens (tertiary/aromatic N) is 1. The molecule has 2 fully saturated rings. The van der Waals surface area contributed by atoms with Gasteiger partial charge in [-0.15, -0.1) is 0 Å². The number of carbonyl (C=O) groups excluding carboxylic acids is 1. The van der Waals surface area contributed by atoms with Crippen LogP contribution in [0.3, 0.4) is 0 Å². The standard InChI is InChI=1S/C17H31NO3/c1-14(13-15-5-2-3-6-15)17(20)18-9-7-16(8-10-18)21-12-4-11-19/h14-16,19H,2-13H2,1H3. The van der Waals surface area contributed by atoms with E-state index in [-0.39, 0.29) is 18.6 Å². The van der Waals surface area contributed by atoms with Gasteiger partial charge in [-0.1, -0.05) is 32.6 Å². The number of likely N-dealkylation sites (tertiary alicyclic amines) is 1. The van der Waals surface area contributed by atoms with Crippen molar-refractivity contribution in [2.45, 2.75) is 64.4 Å². The van der Waals surface area contributed by atoms with Crippen LogP contribution in [0.15, 0.2) is 0 Å². The van der Waals surface area contributed by atoms with E-state index in [4.69, 9.17) is 9.84 Å². The Labute approximate surface area is 128 Å². The molecule has 0 bridgehead atoms. The van der Waals surface area contributed by atoms with Gasteiger partial charge in [-0.05, 0) is 31.6 Å². The first-order valence-electron chi connectivity index (χ1n) is 8.72. The Balaban J connectivity index is 1.67. The van der Waals surface area contributed by atoms with Gasteiger partial charge in [0.1, 0.15) is 0 Å². The van der Waals surface area contributed by atoms with Gasteiger partial charge in [-0.25, -0.2) is 0 Å². The zero-order chi connectivity index (χ0) is 15.1. The maximum atomic E-state index is 12.5. The molecular formula is C17H31NO3. The molecule has 0 spiro atoms. The molecular weight excluding hydrogens is 266 g/mol. The number of aliphatic hydroxyl groups is 1. The molecule has 2 aliphatic rings. The second-order valence-corrected chi connectivity index (χ2v) is 6.76. The highest BCUT2D eigenvalue weighted by Crippen LogP contribution is 2.31. The van der Waals surface area contributed by atoms with Crippen LogP contribution in [0.25, 0.3) is 0 Å². The minimum atomic E-state index is 0.181. The van der Waals surface area contributed by atoms with Gasteiger partial charge >= 0.3 is 0 Å². The van der Waals surface area contributed by atoms with Crippen LogP contribution in [0.4, 0.5) is 0 Å². The number of piperidine rings is 1. The van der Waals surface area contributed by atoms with Crippen molar-refractivity contribution >= 4 is 5.91 Å². The minimum Gasteiger partial charge on any atom is -0.396 e. The lowest BCUT2D eigenvalue weighted by atomic mass is 9.93. The van der Waals surface area contributed by atoms with Crippen molar-refractivity contribution in [3.8, 4) is 0 Å². The molecule has 1 N–H and O–H groups in total. The van der Waals surface area contributed by atoms with Crippen LogP contribution in [0.1, 0.15) is 58.3 Å². The van der Waals surface area contributed by atoms with Crippen LogP contribution >= 0.6 is 0 Å². The maximum absolute atomic E-state index is 12.5. The number of hydrogen-bond donors (Lipinski definition) is 1. The van der Waals surface area contributed by atoms with E-state index in [9.17, 15) is 4.79 Å². The van der Waals surface area contributed by atoms with Crippen molar-refractivity contribution < 1.29 is 14.6 Å². The Kier molecular flexibility index (Phi) is 6.97. The summed E-state index contributed by atoms with van der Waals surface area (Å²) in [5.41, 5.74) is 0. The molecule has 1 atom stereocenters. The Morgan fingerprint density at radius 3 is 2.52 bits per heavy atom. The molecule has 0 aromatic rings. The highest BCUT2D eigenvalue weighted by atomic mass is 16.5. The molecule has 2 rings (SSSR count). The third kappa shape index (κ3) is 5.26. The van der Waals surface area contributed by atoms with E-state index in [0.29, 0.717) is 18.9 Å². The fourth-order valence-electron chi connectivity index (χ4n) is 3.72. The zero-order valence-electron chi connectivity index (χ0n) is 13.4. The second kappa shape index (κ2) is 8.74. The van der Waals surface area contributed by atoms with Crippen LogP contribution < -0.4 is 0 Å². The lowest BCUT2D eigenvalue weighted by molar-refractivity contribution is -0.138. The summed E-state index contributed by atoms with van der Waals surface area (Å²) < 4.78 is 5.72. The fraction of sp³-hybridized carbons (Fsp3) is 0.941. The maximum Gasteiger partial charge on any atom is 0.225 e. The lowest BCUT2D eigenvalue weighted by Gasteiger charge is -2.34. The number of carbonyl (C=O) groups is 1. The van der Waals surface area contributed by atoms with Gasteiger partial charge in [0, 0.05) is 32.2 Å². The van der Waals surface area contributed by atoms with Crippen LogP contribution in [0.2, 0.25) is 0 Å². The Hall–Kier alpha value is -0.610. The molecule has 1 unspecified atom stereocenters. The van der Waals surface area contributed by atoms with Gasteiger partial charge in [0.25, 0.3) is 0 Å². The molecule has 1 amide bonds. The van der Waals surface area contributed by atoms with Gasteiger partial charge < -0.3 is 14.7 Å². The van der Waals surface area contributed by atoms with E-state index < -0.39 is 0 Å². The topological polar surface area (TPSA) is 49.8 Å². The summed E-state index contributed by atoms with van der Waals surface area (Å²) >= 11 is 0. The van der Waals surface area contributed by atoms with Gasteiger partial charge in [0.2, 0.25) is 5.91 Å². The molecule has 4 nitrogen and oxygen atoms in total. The van der Waals surface area contributed by atoms with Crippen molar-refractivity contribution in [2.24, 2.45) is 11.8 Å². The zero-order valence-corrected chi connectivity index (χ0v) is 13.4. The first kappa shape index (κ1) is 16.8. The van der Waals surface area contributed by atoms with Crippen LogP contribution in [0, 0.1) is 11.8 Å². The third-order valence-corrected chi connectivity index (χ3v) is 4.99. The molecule has 4 heteroatoms. The van der Waals surface area contributed by atoms with Crippen LogP contribution in [0.5, 0.6) is 0 Å². The SMILES string of the molecule is CC(CC1CCCC1)C(=O)N1CCC(OCCCO)CC1. The van der Waals surface area contributed by atoms with Crippen LogP contribution in [-0.2, 0) is 9.53 Å². The number of hydrogen-bond acceptors (Lipinski definition) is 3. The Bertz CT molecular complexity index is 307. The summed E-state index contributed by atoms with van der Waals surface area (Å²) in [6, 6.07) is 0. The van der Waals surface area contributed by atoms with E-state index in [1.807, 2.05) is 4.90 Å². The number of ether oxygens (including phenoxy) is 1. The number of amides is 1. The quantitative estimate of drug-likeness (QED) is 0.735. The summed E-state index contributed by atoms with van der Waals surface area (Å²) in [6.45, 7) is 4.59. The van der Waals surface area contributed by atoms with E-state index in [2.05, 4.69) is 6.92 Å². The largest absolute Gasteiger partial charge is 0.396 e. The van der Waals surface area contributed by atoms with Gasteiger partial charge in [0.15, 0.2) is 0 Å². The summed E-state index contributed by atoms with van der Waals surface area (Å²) in [6.07, 6.45) is 9.26. The molecule has 0 aromatic heterocycles. The fourth-order valence-corrected chi connectivity index (χ4v) is 3.72. The molecule has 21 heavy (non-hydrogen) atoms. The molecule has 1 aliphatic heterocycles. The molecule has 1 saturated carbocycles. The lowest BCUT2D eigenvalue weighted by Crippen LogP contribution is -2.43. The Morgan fingerprint density at radius 2 is 1.90 bits per heavy atom. The monoisotopic (exact) mass is 297 g/mol. The van der Waals surface area contributed by atoms with Crippen molar-refractivity contribution in [3.63, 3.8) is 0 Å². The van der Waals surface area contributed by atoms with Crippen molar-refractivity contribution in [2.75, 3.05) is 26.3 Å². The predicted molar refractivity (Wildman–Crippen MR) is 83.0 cm³/mol. The van der Waals surface area contributed by atoms with Crippen molar-refractivity contribution in [1.29, 1.82) is 0 Å². The highest BCUT2D eigenvalue weighted by molar-refractivity contribution is 5.78. The normalized spacial score (nSPS) is 22.7. The average Bonchev–Trinajstić information content (AvgIpc) is 3.00. The molecule has 122 valence electrons. The molecule has 1 aliphatic carbocycles. The molecule has 1 heterocycles. The predicted octanol–water partition coefficient (Wildman–Crippen LogP) is 2.59. The average molecular weight is 297 g/mol. The summed E-state index contributed by atoms with van der Waals surface area (Å²) in [5, 5.41) is 8.76. The van der Waals surface area contributed by atoms with Crippen molar-refractivity contribution in [1.82, 2.24) is 4.90 Å². The first-order valence-corrected chi connectivity index (χ1v) is 8.72. The number of rotatable bonds is 7. The molecule has 1 saturated heterocycles. The van der Waals surface area contributed by atoms with E-state index in [1.54, 1.807) is 0 Å². The minimum absolute atomic E-state index is 0.181. The third-order valence-electron chi connectivity index (χ3n) is 4.99. The summed E-state index contributed by atoms with van der Waals surface area (Å²) in [7, 11) is 0. The summed E-state index contributed by atoms with van der Waals surface area (Å²) in [5.74, 6) is 1.30. The van der Waals surface area contributed by atoms with Gasteiger partial charge in [-0.3, -0.25) is 4.79 Å². The molecule has 0 aromatic carbocycles. The molecule has 0 radical (unpaired) electrons. The van der Waals surface area contributed by atoms with E-state index in [1.165, 1.54) is 25.7 Å². The number of aliphatic hydroxyl groups excluding tert-OH is 1. The smallest absolute Gasteiger partial charge is 0.225 e.